The van der Waals surface area contributed by atoms with E-state index in [4.69, 9.17) is 0 Å². The summed E-state index contributed by atoms with van der Waals surface area (Å²) in [7, 11) is 0. The lowest BCUT2D eigenvalue weighted by Gasteiger charge is -2.07. The quantitative estimate of drug-likeness (QED) is 0.507. The Morgan fingerprint density at radius 1 is 1.62 bits per heavy atom. The Morgan fingerprint density at radius 3 is 2.00 bits per heavy atom. The number of hydrogen-bond donors (Lipinski definition) is 0. The van der Waals surface area contributed by atoms with Gasteiger partial charge in [0, 0.05) is 0 Å². The Hall–Kier alpha value is -0.540. The van der Waals surface area contributed by atoms with Crippen molar-refractivity contribution in [1.82, 2.24) is 0 Å². The second kappa shape index (κ2) is 2.15. The number of alkyl halides is 3. The summed E-state index contributed by atoms with van der Waals surface area (Å²) >= 11 is 0. The lowest BCUT2D eigenvalue weighted by atomic mass is 10.3. The van der Waals surface area contributed by atoms with Gasteiger partial charge in [-0.25, -0.2) is 4.39 Å². The average molecular weight is 126 g/mol. The molecule has 0 aromatic rings. The van der Waals surface area contributed by atoms with E-state index in [9.17, 15) is 18.0 Å². The fourth-order valence-corrected chi connectivity index (χ4v) is 0.0938. The molecule has 0 spiro atoms. The second-order valence-electron chi connectivity index (χ2n) is 1.41. The molecule has 0 rings (SSSR count). The smallest absolute Gasteiger partial charge is 0.297 e. The van der Waals surface area contributed by atoms with Gasteiger partial charge < -0.3 is 0 Å². The molecule has 1 unspecified atom stereocenters. The average Bonchev–Trinajstić information content (AvgIpc) is 1.67. The first-order chi connectivity index (χ1) is 3.50. The lowest BCUT2D eigenvalue weighted by molar-refractivity contribution is -0.137. The number of carbonyl (C=O) groups excluding carboxylic acids is 1. The number of rotatable bonds is 2. The summed E-state index contributed by atoms with van der Waals surface area (Å²) in [5.41, 5.74) is 0. The maximum Gasteiger partial charge on any atom is 0.332 e. The van der Waals surface area contributed by atoms with E-state index >= 15 is 0 Å². The third kappa shape index (κ3) is 1.52. The van der Waals surface area contributed by atoms with Gasteiger partial charge in [-0.1, -0.05) is 0 Å². The standard InChI is InChI=1S/C4H5F3O/c1-3(5)4(6,7)2-8/h2-3H,1H3. The Kier molecular flexibility index (Phi) is 2.01. The Balaban J connectivity index is 3.90. The summed E-state index contributed by atoms with van der Waals surface area (Å²) in [6.07, 6.45) is -3.09. The van der Waals surface area contributed by atoms with Crippen LogP contribution >= 0.6 is 0 Å². The van der Waals surface area contributed by atoms with Crippen molar-refractivity contribution in [2.24, 2.45) is 0 Å². The molecule has 0 heterocycles. The van der Waals surface area contributed by atoms with Crippen molar-refractivity contribution in [3.8, 4) is 0 Å². The third-order valence-corrected chi connectivity index (χ3v) is 0.687. The summed E-state index contributed by atoms with van der Waals surface area (Å²) in [5.74, 6) is -3.81. The van der Waals surface area contributed by atoms with Gasteiger partial charge in [0.05, 0.1) is 0 Å². The highest BCUT2D eigenvalue weighted by Crippen LogP contribution is 2.17. The van der Waals surface area contributed by atoms with Crippen molar-refractivity contribution in [1.29, 1.82) is 0 Å². The van der Waals surface area contributed by atoms with E-state index in [0.717, 1.165) is 0 Å². The van der Waals surface area contributed by atoms with Crippen molar-refractivity contribution < 1.29 is 18.0 Å². The zero-order chi connectivity index (χ0) is 6.78. The van der Waals surface area contributed by atoms with Crippen LogP contribution in [0.25, 0.3) is 0 Å². The van der Waals surface area contributed by atoms with E-state index in [1.807, 2.05) is 0 Å². The molecule has 0 saturated heterocycles. The molecule has 0 N–H and O–H groups in total. The largest absolute Gasteiger partial charge is 0.332 e. The van der Waals surface area contributed by atoms with E-state index in [1.165, 1.54) is 0 Å². The minimum absolute atomic E-state index is 0.633. The van der Waals surface area contributed by atoms with Crippen molar-refractivity contribution in [2.75, 3.05) is 0 Å². The van der Waals surface area contributed by atoms with Crippen molar-refractivity contribution in [3.05, 3.63) is 0 Å². The first-order valence-electron chi connectivity index (χ1n) is 1.99. The Labute approximate surface area is 44.5 Å². The lowest BCUT2D eigenvalue weighted by Crippen LogP contribution is -2.28. The van der Waals surface area contributed by atoms with Crippen LogP contribution < -0.4 is 0 Å². The van der Waals surface area contributed by atoms with E-state index in [0.29, 0.717) is 6.92 Å². The molecule has 0 aliphatic carbocycles. The van der Waals surface area contributed by atoms with Gasteiger partial charge in [-0.15, -0.1) is 0 Å². The van der Waals surface area contributed by atoms with E-state index in [2.05, 4.69) is 0 Å². The molecular formula is C4H5F3O. The summed E-state index contributed by atoms with van der Waals surface area (Å²) in [4.78, 5) is 9.28. The van der Waals surface area contributed by atoms with Gasteiger partial charge in [0.15, 0.2) is 12.5 Å². The topological polar surface area (TPSA) is 17.1 Å². The highest BCUT2D eigenvalue weighted by atomic mass is 19.3. The highest BCUT2D eigenvalue weighted by Gasteiger charge is 2.35. The van der Waals surface area contributed by atoms with Crippen molar-refractivity contribution in [2.45, 2.75) is 19.0 Å². The predicted molar refractivity (Wildman–Crippen MR) is 21.6 cm³/mol. The molecule has 0 aliphatic rings. The molecule has 0 fully saturated rings. The minimum atomic E-state index is -3.81. The van der Waals surface area contributed by atoms with Crippen molar-refractivity contribution in [3.63, 3.8) is 0 Å². The molecule has 48 valence electrons. The fourth-order valence-electron chi connectivity index (χ4n) is 0.0938. The first kappa shape index (κ1) is 7.46. The summed E-state index contributed by atoms with van der Waals surface area (Å²) < 4.78 is 34.6. The number of halogens is 3. The molecule has 0 aromatic heterocycles. The van der Waals surface area contributed by atoms with Gasteiger partial charge in [-0.2, -0.15) is 8.78 Å². The maximum absolute atomic E-state index is 11.5. The Bertz CT molecular complexity index is 89.3. The van der Waals surface area contributed by atoms with Gasteiger partial charge in [0.1, 0.15) is 0 Å². The second-order valence-corrected chi connectivity index (χ2v) is 1.41. The van der Waals surface area contributed by atoms with Crippen LogP contribution in [0.2, 0.25) is 0 Å². The summed E-state index contributed by atoms with van der Waals surface area (Å²) in [5, 5.41) is 0. The van der Waals surface area contributed by atoms with E-state index in [1.54, 1.807) is 0 Å². The van der Waals surface area contributed by atoms with Gasteiger partial charge >= 0.3 is 5.92 Å². The van der Waals surface area contributed by atoms with Crippen LogP contribution in [0.15, 0.2) is 0 Å². The number of hydrogen-bond acceptors (Lipinski definition) is 1. The van der Waals surface area contributed by atoms with Crippen LogP contribution in [0.4, 0.5) is 13.2 Å². The number of aldehydes is 1. The SMILES string of the molecule is CC(F)C(F)(F)C=O. The van der Waals surface area contributed by atoms with E-state index in [-0.39, 0.29) is 0 Å². The van der Waals surface area contributed by atoms with Gasteiger partial charge in [0.2, 0.25) is 0 Å². The van der Waals surface area contributed by atoms with Crippen LogP contribution in [0, 0.1) is 0 Å². The summed E-state index contributed by atoms with van der Waals surface area (Å²) in [6.45, 7) is 0.633. The highest BCUT2D eigenvalue weighted by molar-refractivity contribution is 5.60. The van der Waals surface area contributed by atoms with Crippen LogP contribution in [0.1, 0.15) is 6.92 Å². The zero-order valence-electron chi connectivity index (χ0n) is 4.20. The molecular weight excluding hydrogens is 121 g/mol. The zero-order valence-corrected chi connectivity index (χ0v) is 4.20. The molecule has 1 nitrogen and oxygen atoms in total. The molecule has 0 aromatic carbocycles. The van der Waals surface area contributed by atoms with Crippen LogP contribution in [-0.2, 0) is 4.79 Å². The minimum Gasteiger partial charge on any atom is -0.297 e. The van der Waals surface area contributed by atoms with Crippen LogP contribution in [0.5, 0.6) is 0 Å². The van der Waals surface area contributed by atoms with Gasteiger partial charge in [-0.3, -0.25) is 4.79 Å². The molecule has 0 amide bonds. The normalized spacial score (nSPS) is 15.5. The van der Waals surface area contributed by atoms with Crippen LogP contribution in [-0.4, -0.2) is 18.4 Å². The maximum atomic E-state index is 11.5. The van der Waals surface area contributed by atoms with Gasteiger partial charge in [0.25, 0.3) is 0 Å². The first-order valence-corrected chi connectivity index (χ1v) is 1.99. The van der Waals surface area contributed by atoms with E-state index < -0.39 is 18.4 Å². The summed E-state index contributed by atoms with van der Waals surface area (Å²) in [6, 6.07) is 0. The molecule has 0 radical (unpaired) electrons. The molecule has 0 bridgehead atoms. The third-order valence-electron chi connectivity index (χ3n) is 0.687. The fraction of sp³-hybridized carbons (Fsp3) is 0.750. The molecule has 1 atom stereocenters. The van der Waals surface area contributed by atoms with Crippen molar-refractivity contribution >= 4 is 6.29 Å². The van der Waals surface area contributed by atoms with Crippen LogP contribution in [0.3, 0.4) is 0 Å². The predicted octanol–water partition coefficient (Wildman–Crippen LogP) is 1.18. The number of carbonyl (C=O) groups is 1. The molecule has 8 heavy (non-hydrogen) atoms. The molecule has 4 heteroatoms. The molecule has 0 aliphatic heterocycles. The Morgan fingerprint density at radius 2 is 2.00 bits per heavy atom. The molecule has 0 saturated carbocycles. The monoisotopic (exact) mass is 126 g/mol. The van der Waals surface area contributed by atoms with Gasteiger partial charge in [-0.05, 0) is 6.92 Å².